The molecule has 0 saturated carbocycles. The summed E-state index contributed by atoms with van der Waals surface area (Å²) in [6.07, 6.45) is -2.69. The summed E-state index contributed by atoms with van der Waals surface area (Å²) in [5.41, 5.74) is 5.72. The number of anilines is 1. The Labute approximate surface area is 172 Å². The van der Waals surface area contributed by atoms with Crippen LogP contribution in [-0.4, -0.2) is 25.1 Å². The van der Waals surface area contributed by atoms with Crippen molar-refractivity contribution in [2.45, 2.75) is 44.8 Å². The Morgan fingerprint density at radius 3 is 2.47 bits per heavy atom. The molecular weight excluding hydrogens is 400 g/mol. The highest BCUT2D eigenvalue weighted by Crippen LogP contribution is 2.34. The van der Waals surface area contributed by atoms with Crippen LogP contribution >= 0.6 is 0 Å². The molecule has 2 aromatic carbocycles. The van der Waals surface area contributed by atoms with Crippen LogP contribution in [-0.2, 0) is 6.18 Å². The van der Waals surface area contributed by atoms with Crippen molar-refractivity contribution in [1.82, 2.24) is 0 Å². The van der Waals surface area contributed by atoms with Crippen LogP contribution in [0.5, 0.6) is 5.75 Å². The molecule has 4 nitrogen and oxygen atoms in total. The first-order valence-electron chi connectivity index (χ1n) is 9.78. The molecule has 1 saturated heterocycles. The standard InChI is InChI=1S/C22H24F4N2O2/c1-13(2)17-10-18(21(27)29)19(23)11-20(17)30-12-16-4-3-9-28(16)15-7-5-14(6-8-15)22(24,25)26/h5-8,10-11,13,16H,3-4,9,12H2,1-2H3,(H2,27,29). The number of halogens is 4. The van der Waals surface area contributed by atoms with Gasteiger partial charge < -0.3 is 15.4 Å². The van der Waals surface area contributed by atoms with Crippen molar-refractivity contribution < 1.29 is 27.1 Å². The fraction of sp³-hybridized carbons (Fsp3) is 0.409. The number of alkyl halides is 3. The molecule has 0 radical (unpaired) electrons. The number of amides is 1. The van der Waals surface area contributed by atoms with E-state index in [4.69, 9.17) is 10.5 Å². The fourth-order valence-corrected chi connectivity index (χ4v) is 3.71. The van der Waals surface area contributed by atoms with Crippen LogP contribution in [0.1, 0.15) is 54.1 Å². The molecule has 0 aromatic heterocycles. The van der Waals surface area contributed by atoms with E-state index >= 15 is 0 Å². The van der Waals surface area contributed by atoms with Crippen molar-refractivity contribution in [1.29, 1.82) is 0 Å². The Hall–Kier alpha value is -2.77. The Morgan fingerprint density at radius 1 is 1.23 bits per heavy atom. The number of carbonyl (C=O) groups excluding carboxylic acids is 1. The Balaban J connectivity index is 1.77. The van der Waals surface area contributed by atoms with Crippen molar-refractivity contribution in [3.63, 3.8) is 0 Å². The quantitative estimate of drug-likeness (QED) is 0.656. The maximum absolute atomic E-state index is 14.2. The van der Waals surface area contributed by atoms with E-state index in [0.29, 0.717) is 23.5 Å². The Morgan fingerprint density at radius 2 is 1.90 bits per heavy atom. The van der Waals surface area contributed by atoms with Gasteiger partial charge in [-0.1, -0.05) is 13.8 Å². The largest absolute Gasteiger partial charge is 0.491 e. The van der Waals surface area contributed by atoms with Gasteiger partial charge in [0.25, 0.3) is 5.91 Å². The maximum atomic E-state index is 14.2. The smallest absolute Gasteiger partial charge is 0.416 e. The molecule has 1 atom stereocenters. The molecule has 0 bridgehead atoms. The third-order valence-corrected chi connectivity index (χ3v) is 5.32. The normalized spacial score (nSPS) is 16.9. The molecule has 0 aliphatic carbocycles. The van der Waals surface area contributed by atoms with E-state index in [0.717, 1.165) is 25.0 Å². The van der Waals surface area contributed by atoms with Crippen LogP contribution in [0.15, 0.2) is 36.4 Å². The van der Waals surface area contributed by atoms with Gasteiger partial charge in [0.1, 0.15) is 18.2 Å². The number of nitrogens with zero attached hydrogens (tertiary/aromatic N) is 1. The minimum absolute atomic E-state index is 0.0201. The first-order valence-corrected chi connectivity index (χ1v) is 9.78. The molecule has 1 aliphatic heterocycles. The van der Waals surface area contributed by atoms with Crippen LogP contribution < -0.4 is 15.4 Å². The SMILES string of the molecule is CC(C)c1cc(C(N)=O)c(F)cc1OCC1CCCN1c1ccc(C(F)(F)F)cc1. The molecule has 1 heterocycles. The predicted molar refractivity (Wildman–Crippen MR) is 106 cm³/mol. The topological polar surface area (TPSA) is 55.6 Å². The minimum atomic E-state index is -4.37. The molecule has 0 spiro atoms. The number of hydrogen-bond donors (Lipinski definition) is 1. The second-order valence-electron chi connectivity index (χ2n) is 7.73. The van der Waals surface area contributed by atoms with Gasteiger partial charge >= 0.3 is 6.18 Å². The zero-order chi connectivity index (χ0) is 22.1. The number of nitrogens with two attached hydrogens (primary N) is 1. The first-order chi connectivity index (χ1) is 14.1. The molecule has 30 heavy (non-hydrogen) atoms. The second-order valence-corrected chi connectivity index (χ2v) is 7.73. The zero-order valence-electron chi connectivity index (χ0n) is 16.8. The summed E-state index contributed by atoms with van der Waals surface area (Å²) in [5.74, 6) is -1.27. The summed E-state index contributed by atoms with van der Waals surface area (Å²) in [5, 5.41) is 0. The van der Waals surface area contributed by atoms with Crippen molar-refractivity contribution in [2.24, 2.45) is 5.73 Å². The van der Waals surface area contributed by atoms with E-state index in [-0.39, 0.29) is 24.1 Å². The summed E-state index contributed by atoms with van der Waals surface area (Å²) < 4.78 is 58.6. The van der Waals surface area contributed by atoms with E-state index in [1.54, 1.807) is 0 Å². The molecule has 162 valence electrons. The van der Waals surface area contributed by atoms with Gasteiger partial charge in [-0.25, -0.2) is 4.39 Å². The van der Waals surface area contributed by atoms with Crippen LogP contribution in [0.25, 0.3) is 0 Å². The van der Waals surface area contributed by atoms with Gasteiger partial charge in [0.2, 0.25) is 0 Å². The van der Waals surface area contributed by atoms with E-state index in [2.05, 4.69) is 0 Å². The fourth-order valence-electron chi connectivity index (χ4n) is 3.71. The lowest BCUT2D eigenvalue weighted by molar-refractivity contribution is -0.137. The summed E-state index contributed by atoms with van der Waals surface area (Å²) in [4.78, 5) is 13.4. The van der Waals surface area contributed by atoms with Gasteiger partial charge in [-0.15, -0.1) is 0 Å². The highest BCUT2D eigenvalue weighted by atomic mass is 19.4. The highest BCUT2D eigenvalue weighted by molar-refractivity contribution is 5.93. The summed E-state index contributed by atoms with van der Waals surface area (Å²) in [7, 11) is 0. The Kier molecular flexibility index (Phi) is 6.24. The average molecular weight is 424 g/mol. The minimum Gasteiger partial charge on any atom is -0.491 e. The number of primary amides is 1. The van der Waals surface area contributed by atoms with Gasteiger partial charge in [-0.3, -0.25) is 4.79 Å². The molecule has 1 amide bonds. The van der Waals surface area contributed by atoms with Crippen molar-refractivity contribution in [2.75, 3.05) is 18.1 Å². The monoisotopic (exact) mass is 424 g/mol. The lowest BCUT2D eigenvalue weighted by atomic mass is 9.99. The van der Waals surface area contributed by atoms with Crippen LogP contribution in [0, 0.1) is 5.82 Å². The van der Waals surface area contributed by atoms with E-state index in [9.17, 15) is 22.4 Å². The second kappa shape index (κ2) is 8.53. The molecule has 1 aliphatic rings. The number of rotatable bonds is 6. The molecule has 8 heteroatoms. The molecular formula is C22H24F4N2O2. The van der Waals surface area contributed by atoms with E-state index in [1.165, 1.54) is 24.3 Å². The van der Waals surface area contributed by atoms with E-state index in [1.807, 2.05) is 18.7 Å². The molecule has 2 N–H and O–H groups in total. The summed E-state index contributed by atoms with van der Waals surface area (Å²) in [6, 6.07) is 7.60. The molecule has 1 unspecified atom stereocenters. The third kappa shape index (κ3) is 4.68. The van der Waals surface area contributed by atoms with Crippen LogP contribution in [0.3, 0.4) is 0 Å². The van der Waals surface area contributed by atoms with Gasteiger partial charge in [-0.2, -0.15) is 13.2 Å². The average Bonchev–Trinajstić information content (AvgIpc) is 3.13. The molecule has 1 fully saturated rings. The Bertz CT molecular complexity index is 911. The summed E-state index contributed by atoms with van der Waals surface area (Å²) >= 11 is 0. The third-order valence-electron chi connectivity index (χ3n) is 5.32. The lowest BCUT2D eigenvalue weighted by Gasteiger charge is -2.28. The molecule has 3 rings (SSSR count). The van der Waals surface area contributed by atoms with Gasteiger partial charge in [0.15, 0.2) is 0 Å². The zero-order valence-corrected chi connectivity index (χ0v) is 16.8. The number of benzene rings is 2. The summed E-state index contributed by atoms with van der Waals surface area (Å²) in [6.45, 7) is 4.74. The predicted octanol–water partition coefficient (Wildman–Crippen LogP) is 5.11. The van der Waals surface area contributed by atoms with Crippen molar-refractivity contribution in [3.8, 4) is 5.75 Å². The maximum Gasteiger partial charge on any atom is 0.416 e. The number of ether oxygens (including phenoxy) is 1. The van der Waals surface area contributed by atoms with Crippen molar-refractivity contribution in [3.05, 3.63) is 58.9 Å². The van der Waals surface area contributed by atoms with E-state index < -0.39 is 23.5 Å². The molecule has 2 aromatic rings. The van der Waals surface area contributed by atoms with Crippen LogP contribution in [0.2, 0.25) is 0 Å². The first kappa shape index (κ1) is 21.9. The van der Waals surface area contributed by atoms with Gasteiger partial charge in [-0.05, 0) is 54.7 Å². The van der Waals surface area contributed by atoms with Crippen LogP contribution in [0.4, 0.5) is 23.2 Å². The lowest BCUT2D eigenvalue weighted by Crippen LogP contribution is -2.34. The highest BCUT2D eigenvalue weighted by Gasteiger charge is 2.31. The number of hydrogen-bond acceptors (Lipinski definition) is 3. The van der Waals surface area contributed by atoms with Crippen molar-refractivity contribution >= 4 is 11.6 Å². The number of carbonyl (C=O) groups is 1. The van der Waals surface area contributed by atoms with Gasteiger partial charge in [0, 0.05) is 18.3 Å². The van der Waals surface area contributed by atoms with Gasteiger partial charge in [0.05, 0.1) is 17.2 Å².